The van der Waals surface area contributed by atoms with Crippen molar-refractivity contribution in [3.8, 4) is 0 Å². The van der Waals surface area contributed by atoms with Crippen molar-refractivity contribution in [2.45, 2.75) is 44.9 Å². The fourth-order valence-corrected chi connectivity index (χ4v) is 3.07. The molecule has 0 N–H and O–H groups in total. The van der Waals surface area contributed by atoms with Gasteiger partial charge in [0.2, 0.25) is 5.78 Å². The van der Waals surface area contributed by atoms with Crippen molar-refractivity contribution in [3.63, 3.8) is 0 Å². The van der Waals surface area contributed by atoms with E-state index in [1.54, 1.807) is 18.2 Å². The number of carbonyl (C=O) groups is 1. The van der Waals surface area contributed by atoms with Gasteiger partial charge in [0.1, 0.15) is 0 Å². The summed E-state index contributed by atoms with van der Waals surface area (Å²) in [5, 5.41) is 0.666. The minimum absolute atomic E-state index is 0.0407. The maximum Gasteiger partial charge on any atom is 0.201 e. The number of hydrogen-bond acceptors (Lipinski definition) is 2. The van der Waals surface area contributed by atoms with Crippen molar-refractivity contribution in [2.75, 3.05) is 0 Å². The summed E-state index contributed by atoms with van der Waals surface area (Å²) in [6.07, 6.45) is 7.75. The number of fused-ring (bicyclic) bond motifs is 1. The van der Waals surface area contributed by atoms with Gasteiger partial charge in [-0.3, -0.25) is 4.79 Å². The van der Waals surface area contributed by atoms with Crippen LogP contribution in [-0.4, -0.2) is 5.78 Å². The SMILES string of the molecule is O=C(c1cc2cccc(F)c2o1)C1CCCCCCC1. The quantitative estimate of drug-likeness (QED) is 0.712. The van der Waals surface area contributed by atoms with E-state index in [0.29, 0.717) is 11.1 Å². The summed E-state index contributed by atoms with van der Waals surface area (Å²) >= 11 is 0. The molecule has 1 aliphatic carbocycles. The molecule has 0 amide bonds. The molecule has 1 fully saturated rings. The summed E-state index contributed by atoms with van der Waals surface area (Å²) in [5.41, 5.74) is 0.196. The van der Waals surface area contributed by atoms with Gasteiger partial charge in [0.15, 0.2) is 17.2 Å². The average molecular weight is 274 g/mol. The topological polar surface area (TPSA) is 30.2 Å². The van der Waals surface area contributed by atoms with Crippen molar-refractivity contribution in [1.29, 1.82) is 0 Å². The third-order valence-electron chi connectivity index (χ3n) is 4.21. The van der Waals surface area contributed by atoms with Crippen LogP contribution >= 0.6 is 0 Å². The number of Topliss-reactive ketones (excluding diaryl/α,β-unsaturated/α-hetero) is 1. The van der Waals surface area contributed by atoms with Gasteiger partial charge in [0.05, 0.1) is 0 Å². The number of rotatable bonds is 2. The van der Waals surface area contributed by atoms with Gasteiger partial charge >= 0.3 is 0 Å². The predicted molar refractivity (Wildman–Crippen MR) is 76.3 cm³/mol. The molecule has 1 heterocycles. The highest BCUT2D eigenvalue weighted by molar-refractivity contribution is 5.99. The molecule has 1 aliphatic rings. The van der Waals surface area contributed by atoms with Crippen molar-refractivity contribution in [1.82, 2.24) is 0 Å². The molecule has 1 aromatic carbocycles. The molecule has 2 aromatic rings. The van der Waals surface area contributed by atoms with Crippen molar-refractivity contribution in [2.24, 2.45) is 5.92 Å². The molecule has 2 nitrogen and oxygen atoms in total. The third kappa shape index (κ3) is 2.62. The van der Waals surface area contributed by atoms with Crippen LogP contribution in [0.3, 0.4) is 0 Å². The molecule has 1 saturated carbocycles. The van der Waals surface area contributed by atoms with Gasteiger partial charge in [0.25, 0.3) is 0 Å². The summed E-state index contributed by atoms with van der Waals surface area (Å²) in [4.78, 5) is 12.5. The maximum absolute atomic E-state index is 13.6. The first kappa shape index (κ1) is 13.3. The highest BCUT2D eigenvalue weighted by Gasteiger charge is 2.24. The maximum atomic E-state index is 13.6. The summed E-state index contributed by atoms with van der Waals surface area (Å²) in [6.45, 7) is 0. The minimum Gasteiger partial charge on any atom is -0.450 e. The Morgan fingerprint density at radius 3 is 2.50 bits per heavy atom. The molecule has 106 valence electrons. The van der Waals surface area contributed by atoms with E-state index in [4.69, 9.17) is 4.42 Å². The van der Waals surface area contributed by atoms with Crippen LogP contribution in [0.25, 0.3) is 11.0 Å². The summed E-state index contributed by atoms with van der Waals surface area (Å²) in [5.74, 6) is -0.00341. The van der Waals surface area contributed by atoms with Gasteiger partial charge in [-0.25, -0.2) is 4.39 Å². The van der Waals surface area contributed by atoms with E-state index in [2.05, 4.69) is 0 Å². The number of ketones is 1. The van der Waals surface area contributed by atoms with Crippen molar-refractivity contribution >= 4 is 16.8 Å². The molecule has 0 atom stereocenters. The molecule has 0 bridgehead atoms. The number of furan rings is 1. The standard InChI is InChI=1S/C17H19FO2/c18-14-10-6-9-13-11-15(20-17(13)14)16(19)12-7-4-2-1-3-5-8-12/h6,9-12H,1-5,7-8H2. The molecule has 0 unspecified atom stereocenters. The van der Waals surface area contributed by atoms with Crippen LogP contribution in [0.5, 0.6) is 0 Å². The van der Waals surface area contributed by atoms with Crippen LogP contribution in [0.1, 0.15) is 55.5 Å². The smallest absolute Gasteiger partial charge is 0.201 e. The highest BCUT2D eigenvalue weighted by atomic mass is 19.1. The molecule has 0 saturated heterocycles. The third-order valence-corrected chi connectivity index (χ3v) is 4.21. The summed E-state index contributed by atoms with van der Waals surface area (Å²) in [7, 11) is 0. The van der Waals surface area contributed by atoms with Gasteiger partial charge in [-0.15, -0.1) is 0 Å². The summed E-state index contributed by atoms with van der Waals surface area (Å²) in [6, 6.07) is 6.45. The molecule has 20 heavy (non-hydrogen) atoms. The number of hydrogen-bond donors (Lipinski definition) is 0. The Hall–Kier alpha value is -1.64. The first-order chi connectivity index (χ1) is 9.75. The Bertz CT molecular complexity index is 606. The van der Waals surface area contributed by atoms with Crippen LogP contribution in [0.4, 0.5) is 4.39 Å². The first-order valence-corrected chi connectivity index (χ1v) is 7.48. The van der Waals surface area contributed by atoms with E-state index in [9.17, 15) is 9.18 Å². The Morgan fingerprint density at radius 2 is 1.80 bits per heavy atom. The minimum atomic E-state index is -0.404. The lowest BCUT2D eigenvalue weighted by atomic mass is 9.87. The Balaban J connectivity index is 1.85. The molecule has 0 radical (unpaired) electrons. The predicted octanol–water partition coefficient (Wildman–Crippen LogP) is 5.12. The van der Waals surface area contributed by atoms with Crippen molar-refractivity contribution in [3.05, 3.63) is 35.8 Å². The lowest BCUT2D eigenvalue weighted by Crippen LogP contribution is -2.15. The Kier molecular flexibility index (Phi) is 3.86. The molecular weight excluding hydrogens is 255 g/mol. The van der Waals surface area contributed by atoms with Crippen LogP contribution in [0, 0.1) is 11.7 Å². The Labute approximate surface area is 118 Å². The van der Waals surface area contributed by atoms with Gasteiger partial charge in [-0.1, -0.05) is 44.2 Å². The average Bonchev–Trinajstić information content (AvgIpc) is 2.83. The molecule has 3 heteroatoms. The normalized spacial score (nSPS) is 17.9. The van der Waals surface area contributed by atoms with Gasteiger partial charge < -0.3 is 4.42 Å². The zero-order valence-electron chi connectivity index (χ0n) is 11.5. The second kappa shape index (κ2) is 5.78. The fourth-order valence-electron chi connectivity index (χ4n) is 3.07. The highest BCUT2D eigenvalue weighted by Crippen LogP contribution is 2.29. The van der Waals surface area contributed by atoms with E-state index in [1.807, 2.05) is 0 Å². The summed E-state index contributed by atoms with van der Waals surface area (Å²) < 4.78 is 19.1. The van der Waals surface area contributed by atoms with Crippen LogP contribution in [0.2, 0.25) is 0 Å². The zero-order chi connectivity index (χ0) is 13.9. The van der Waals surface area contributed by atoms with E-state index < -0.39 is 5.82 Å². The van der Waals surface area contributed by atoms with E-state index >= 15 is 0 Å². The lowest BCUT2D eigenvalue weighted by Gasteiger charge is -2.17. The van der Waals surface area contributed by atoms with Gasteiger partial charge in [0, 0.05) is 11.3 Å². The number of carbonyl (C=O) groups excluding carboxylic acids is 1. The van der Waals surface area contributed by atoms with Crippen molar-refractivity contribution < 1.29 is 13.6 Å². The zero-order valence-corrected chi connectivity index (χ0v) is 11.5. The second-order valence-corrected chi connectivity index (χ2v) is 5.68. The largest absolute Gasteiger partial charge is 0.450 e. The molecule has 0 spiro atoms. The number of para-hydroxylation sites is 1. The van der Waals surface area contributed by atoms with E-state index in [1.165, 1.54) is 25.3 Å². The monoisotopic (exact) mass is 274 g/mol. The van der Waals surface area contributed by atoms with Crippen LogP contribution < -0.4 is 0 Å². The number of benzene rings is 1. The molecule has 1 aromatic heterocycles. The Morgan fingerprint density at radius 1 is 1.10 bits per heavy atom. The molecule has 0 aliphatic heterocycles. The van der Waals surface area contributed by atoms with Gasteiger partial charge in [-0.05, 0) is 25.0 Å². The van der Waals surface area contributed by atoms with Crippen LogP contribution in [0.15, 0.2) is 28.7 Å². The van der Waals surface area contributed by atoms with Crippen LogP contribution in [-0.2, 0) is 0 Å². The number of halogens is 1. The molecule has 3 rings (SSSR count). The van der Waals surface area contributed by atoms with E-state index in [-0.39, 0.29) is 17.3 Å². The second-order valence-electron chi connectivity index (χ2n) is 5.68. The van der Waals surface area contributed by atoms with E-state index in [0.717, 1.165) is 25.7 Å². The van der Waals surface area contributed by atoms with Gasteiger partial charge in [-0.2, -0.15) is 0 Å². The molecular formula is C17H19FO2. The first-order valence-electron chi connectivity index (χ1n) is 7.48. The lowest BCUT2D eigenvalue weighted by molar-refractivity contribution is 0.0871. The fraction of sp³-hybridized carbons (Fsp3) is 0.471.